The number of likely N-dealkylation sites (tertiary alicyclic amines) is 1. The number of hydrogen-bond acceptors (Lipinski definition) is 8. The van der Waals surface area contributed by atoms with Crippen LogP contribution in [0, 0.1) is 18.3 Å². The molecular weight excluding hydrogens is 460 g/mol. The Morgan fingerprint density at radius 3 is 2.64 bits per heavy atom. The van der Waals surface area contributed by atoms with Gasteiger partial charge in [-0.2, -0.15) is 5.26 Å². The molecule has 10 heteroatoms. The van der Waals surface area contributed by atoms with Gasteiger partial charge in [0.05, 0.1) is 18.4 Å². The van der Waals surface area contributed by atoms with E-state index in [1.807, 2.05) is 63.7 Å². The predicted molar refractivity (Wildman–Crippen MR) is 133 cm³/mol. The van der Waals surface area contributed by atoms with Gasteiger partial charge in [0.2, 0.25) is 11.7 Å². The first-order valence-corrected chi connectivity index (χ1v) is 12.1. The second kappa shape index (κ2) is 10.5. The summed E-state index contributed by atoms with van der Waals surface area (Å²) in [6.45, 7) is 9.57. The van der Waals surface area contributed by atoms with E-state index >= 15 is 0 Å². The molecule has 36 heavy (non-hydrogen) atoms. The number of hydrogen-bond donors (Lipinski definition) is 0. The molecule has 1 saturated heterocycles. The summed E-state index contributed by atoms with van der Waals surface area (Å²) in [6.07, 6.45) is 4.94. The van der Waals surface area contributed by atoms with Crippen LogP contribution in [0.4, 0.5) is 4.79 Å². The summed E-state index contributed by atoms with van der Waals surface area (Å²) >= 11 is 0. The van der Waals surface area contributed by atoms with Crippen LogP contribution in [0.25, 0.3) is 22.3 Å². The Hall–Kier alpha value is -3.71. The van der Waals surface area contributed by atoms with Gasteiger partial charge < -0.3 is 23.7 Å². The first-order valence-electron chi connectivity index (χ1n) is 12.1. The number of amides is 1. The average molecular weight is 493 g/mol. The number of aromatic nitrogens is 4. The molecule has 0 aliphatic carbocycles. The molecule has 4 heterocycles. The van der Waals surface area contributed by atoms with Crippen LogP contribution in [0.1, 0.15) is 45.0 Å². The molecule has 0 atom stereocenters. The van der Waals surface area contributed by atoms with Crippen molar-refractivity contribution >= 4 is 17.1 Å². The lowest BCUT2D eigenvalue weighted by Gasteiger charge is -2.33. The Morgan fingerprint density at radius 1 is 1.22 bits per heavy atom. The van der Waals surface area contributed by atoms with Crippen LogP contribution in [-0.2, 0) is 16.5 Å². The summed E-state index contributed by atoms with van der Waals surface area (Å²) < 4.78 is 19.1. The Labute approximate surface area is 210 Å². The highest BCUT2D eigenvalue weighted by atomic mass is 16.6. The fourth-order valence-electron chi connectivity index (χ4n) is 4.13. The topological polar surface area (TPSA) is 115 Å². The number of pyridine rings is 1. The third kappa shape index (κ3) is 5.91. The number of nitriles is 1. The Balaban J connectivity index is 1.29. The number of fused-ring (bicyclic) bond motifs is 1. The molecule has 1 amide bonds. The van der Waals surface area contributed by atoms with Crippen molar-refractivity contribution in [2.75, 3.05) is 26.3 Å². The minimum atomic E-state index is -0.492. The maximum atomic E-state index is 12.2. The van der Waals surface area contributed by atoms with E-state index in [2.05, 4.69) is 15.0 Å². The van der Waals surface area contributed by atoms with Crippen LogP contribution in [0.15, 0.2) is 24.5 Å². The lowest BCUT2D eigenvalue weighted by molar-refractivity contribution is -0.0180. The van der Waals surface area contributed by atoms with E-state index in [9.17, 15) is 10.1 Å². The lowest BCUT2D eigenvalue weighted by Crippen LogP contribution is -2.43. The molecule has 0 N–H and O–H groups in total. The average Bonchev–Trinajstić information content (AvgIpc) is 3.21. The van der Waals surface area contributed by atoms with E-state index in [0.717, 1.165) is 29.4 Å². The minimum absolute atomic E-state index is 0.0871. The number of aryl methyl sites for hydroxylation is 2. The van der Waals surface area contributed by atoms with Crippen molar-refractivity contribution in [3.05, 3.63) is 35.9 Å². The molecule has 1 aliphatic rings. The third-order valence-electron chi connectivity index (χ3n) is 5.90. The third-order valence-corrected chi connectivity index (χ3v) is 5.90. The van der Waals surface area contributed by atoms with E-state index in [1.54, 1.807) is 11.1 Å². The molecule has 0 bridgehead atoms. The molecule has 3 aromatic heterocycles. The molecule has 0 aromatic carbocycles. The molecule has 3 aromatic rings. The number of ether oxygens (including phenoxy) is 3. The van der Waals surface area contributed by atoms with Crippen molar-refractivity contribution < 1.29 is 19.0 Å². The maximum absolute atomic E-state index is 12.2. The number of carbonyl (C=O) groups is 1. The number of piperidine rings is 1. The Bertz CT molecular complexity index is 1280. The zero-order chi connectivity index (χ0) is 25.9. The SMILES string of the molecule is Cc1cc(-c2nc(C#N)nc3c2ccn3C)cnc1OCCOC1CCN(C(=O)OC(C)(C)C)CC1. The molecule has 0 unspecified atom stereocenters. The monoisotopic (exact) mass is 492 g/mol. The van der Waals surface area contributed by atoms with Crippen LogP contribution < -0.4 is 4.74 Å². The first kappa shape index (κ1) is 25.4. The van der Waals surface area contributed by atoms with Crippen molar-refractivity contribution in [1.82, 2.24) is 24.4 Å². The van der Waals surface area contributed by atoms with E-state index < -0.39 is 5.60 Å². The Morgan fingerprint density at radius 2 is 1.97 bits per heavy atom. The molecule has 0 saturated carbocycles. The number of carbonyl (C=O) groups excluding carboxylic acids is 1. The van der Waals surface area contributed by atoms with Gasteiger partial charge in [0.1, 0.15) is 23.9 Å². The van der Waals surface area contributed by atoms with Crippen molar-refractivity contribution in [1.29, 1.82) is 5.26 Å². The van der Waals surface area contributed by atoms with Gasteiger partial charge in [0.15, 0.2) is 0 Å². The van der Waals surface area contributed by atoms with Crippen LogP contribution in [0.5, 0.6) is 5.88 Å². The van der Waals surface area contributed by atoms with Gasteiger partial charge in [-0.3, -0.25) is 0 Å². The van der Waals surface area contributed by atoms with Crippen molar-refractivity contribution in [2.24, 2.45) is 7.05 Å². The fraction of sp³-hybridized carbons (Fsp3) is 0.500. The van der Waals surface area contributed by atoms with E-state index in [0.29, 0.717) is 43.5 Å². The summed E-state index contributed by atoms with van der Waals surface area (Å²) in [4.78, 5) is 27.1. The van der Waals surface area contributed by atoms with Crippen molar-refractivity contribution in [3.8, 4) is 23.2 Å². The molecule has 1 aliphatic heterocycles. The normalized spacial score (nSPS) is 14.6. The highest BCUT2D eigenvalue weighted by Crippen LogP contribution is 2.29. The summed E-state index contributed by atoms with van der Waals surface area (Å²) in [5.74, 6) is 0.646. The smallest absolute Gasteiger partial charge is 0.410 e. The number of nitrogens with zero attached hydrogens (tertiary/aromatic N) is 6. The van der Waals surface area contributed by atoms with Gasteiger partial charge in [0, 0.05) is 49.0 Å². The van der Waals surface area contributed by atoms with Crippen LogP contribution in [0.3, 0.4) is 0 Å². The highest BCUT2D eigenvalue weighted by Gasteiger charge is 2.27. The predicted octanol–water partition coefficient (Wildman–Crippen LogP) is 4.01. The molecule has 190 valence electrons. The van der Waals surface area contributed by atoms with E-state index in [4.69, 9.17) is 14.2 Å². The molecular formula is C26H32N6O4. The van der Waals surface area contributed by atoms with Crippen LogP contribution in [0.2, 0.25) is 0 Å². The van der Waals surface area contributed by atoms with Crippen LogP contribution in [-0.4, -0.2) is 68.5 Å². The van der Waals surface area contributed by atoms with Gasteiger partial charge in [-0.1, -0.05) is 0 Å². The molecule has 0 radical (unpaired) electrons. The summed E-state index contributed by atoms with van der Waals surface area (Å²) in [5.41, 5.74) is 2.53. The van der Waals surface area contributed by atoms with E-state index in [1.165, 1.54) is 0 Å². The fourth-order valence-corrected chi connectivity index (χ4v) is 4.13. The Kier molecular flexibility index (Phi) is 7.40. The zero-order valence-corrected chi connectivity index (χ0v) is 21.4. The molecule has 10 nitrogen and oxygen atoms in total. The van der Waals surface area contributed by atoms with Gasteiger partial charge in [-0.25, -0.2) is 19.7 Å². The maximum Gasteiger partial charge on any atom is 0.410 e. The summed E-state index contributed by atoms with van der Waals surface area (Å²) in [6, 6.07) is 5.91. The van der Waals surface area contributed by atoms with Gasteiger partial charge in [-0.05, 0) is 52.7 Å². The molecule has 0 spiro atoms. The minimum Gasteiger partial charge on any atom is -0.475 e. The number of rotatable bonds is 6. The van der Waals surface area contributed by atoms with E-state index in [-0.39, 0.29) is 18.0 Å². The first-order chi connectivity index (χ1) is 17.1. The van der Waals surface area contributed by atoms with Crippen molar-refractivity contribution in [2.45, 2.75) is 52.2 Å². The van der Waals surface area contributed by atoms with Gasteiger partial charge >= 0.3 is 6.09 Å². The highest BCUT2D eigenvalue weighted by molar-refractivity contribution is 5.91. The molecule has 1 fully saturated rings. The summed E-state index contributed by atoms with van der Waals surface area (Å²) in [7, 11) is 1.88. The van der Waals surface area contributed by atoms with Crippen molar-refractivity contribution in [3.63, 3.8) is 0 Å². The quantitative estimate of drug-likeness (QED) is 0.474. The lowest BCUT2D eigenvalue weighted by atomic mass is 10.1. The second-order valence-corrected chi connectivity index (χ2v) is 9.90. The zero-order valence-electron chi connectivity index (χ0n) is 21.4. The largest absolute Gasteiger partial charge is 0.475 e. The van der Waals surface area contributed by atoms with Gasteiger partial charge in [-0.15, -0.1) is 0 Å². The second-order valence-electron chi connectivity index (χ2n) is 9.90. The molecule has 4 rings (SSSR count). The van der Waals surface area contributed by atoms with Gasteiger partial charge in [0.25, 0.3) is 0 Å². The van der Waals surface area contributed by atoms with Crippen LogP contribution >= 0.6 is 0 Å². The standard InChI is InChI=1S/C26H32N6O4/c1-17-14-18(22-20-8-9-31(5)23(20)30-21(15-27)29-22)16-28-24(17)35-13-12-34-19-6-10-32(11-7-19)25(33)36-26(2,3)4/h8-9,14,16,19H,6-7,10-13H2,1-5H3. The summed E-state index contributed by atoms with van der Waals surface area (Å²) in [5, 5.41) is 10.2.